The molecule has 3 atom stereocenters. The molecule has 0 radical (unpaired) electrons. The predicted octanol–water partition coefficient (Wildman–Crippen LogP) is -0.144. The third-order valence-electron chi connectivity index (χ3n) is 2.14. The maximum Gasteiger partial charge on any atom is 0.331 e. The maximum atomic E-state index is 10.8. The zero-order valence-electron chi connectivity index (χ0n) is 7.84. The van der Waals surface area contributed by atoms with E-state index in [1.807, 2.05) is 12.2 Å². The molecule has 1 saturated heterocycles. The van der Waals surface area contributed by atoms with Gasteiger partial charge in [-0.25, -0.2) is 4.79 Å². The van der Waals surface area contributed by atoms with Crippen molar-refractivity contribution in [1.82, 2.24) is 0 Å². The van der Waals surface area contributed by atoms with Crippen LogP contribution in [0.3, 0.4) is 0 Å². The number of esters is 1. The fraction of sp³-hybridized carbons (Fsp3) is 0.667. The van der Waals surface area contributed by atoms with Crippen LogP contribution in [0.5, 0.6) is 0 Å². The summed E-state index contributed by atoms with van der Waals surface area (Å²) in [5.74, 6) is -0.404. The molecule has 5 heteroatoms. The van der Waals surface area contributed by atoms with Crippen LogP contribution in [0.15, 0.2) is 12.2 Å². The average molecular weight is 200 g/mol. The van der Waals surface area contributed by atoms with E-state index in [0.717, 1.165) is 0 Å². The summed E-state index contributed by atoms with van der Waals surface area (Å²) in [6, 6.07) is 0. The molecule has 0 aromatic heterocycles. The van der Waals surface area contributed by atoms with Gasteiger partial charge >= 0.3 is 5.97 Å². The molecule has 14 heavy (non-hydrogen) atoms. The fourth-order valence-corrected chi connectivity index (χ4v) is 1.40. The van der Waals surface area contributed by atoms with Crippen molar-refractivity contribution in [2.75, 3.05) is 20.3 Å². The van der Waals surface area contributed by atoms with Crippen molar-refractivity contribution < 1.29 is 23.7 Å². The van der Waals surface area contributed by atoms with Crippen molar-refractivity contribution in [2.24, 2.45) is 0 Å². The molecule has 2 aliphatic heterocycles. The summed E-state index contributed by atoms with van der Waals surface area (Å²) in [6.45, 7) is 0.471. The second-order valence-corrected chi connectivity index (χ2v) is 3.11. The van der Waals surface area contributed by atoms with Gasteiger partial charge in [0.2, 0.25) is 0 Å². The van der Waals surface area contributed by atoms with Crippen molar-refractivity contribution in [2.45, 2.75) is 18.5 Å². The molecule has 0 N–H and O–H groups in total. The lowest BCUT2D eigenvalue weighted by molar-refractivity contribution is -0.161. The molecular weight excluding hydrogens is 188 g/mol. The van der Waals surface area contributed by atoms with Crippen LogP contribution in [0.4, 0.5) is 0 Å². The SMILES string of the molecule is COC(=O)CO[C@@H]1C=C[C@@H]2CO[C@@H]1O2. The minimum atomic E-state index is -0.404. The number of carbonyl (C=O) groups is 1. The molecule has 1 fully saturated rings. The Morgan fingerprint density at radius 3 is 3.21 bits per heavy atom. The number of fused-ring (bicyclic) bond motifs is 2. The van der Waals surface area contributed by atoms with Gasteiger partial charge in [-0.05, 0) is 0 Å². The molecule has 5 nitrogen and oxygen atoms in total. The molecule has 2 bridgehead atoms. The monoisotopic (exact) mass is 200 g/mol. The molecule has 2 aliphatic rings. The van der Waals surface area contributed by atoms with Crippen LogP contribution >= 0.6 is 0 Å². The second kappa shape index (κ2) is 4.08. The molecule has 2 heterocycles. The smallest absolute Gasteiger partial charge is 0.331 e. The van der Waals surface area contributed by atoms with E-state index in [-0.39, 0.29) is 25.1 Å². The highest BCUT2D eigenvalue weighted by atomic mass is 16.7. The van der Waals surface area contributed by atoms with Crippen LogP contribution in [0.2, 0.25) is 0 Å². The van der Waals surface area contributed by atoms with E-state index in [1.54, 1.807) is 0 Å². The third-order valence-corrected chi connectivity index (χ3v) is 2.14. The van der Waals surface area contributed by atoms with Crippen LogP contribution in [0.25, 0.3) is 0 Å². The van der Waals surface area contributed by atoms with Crippen molar-refractivity contribution in [1.29, 1.82) is 0 Å². The van der Waals surface area contributed by atoms with E-state index in [0.29, 0.717) is 6.61 Å². The Balaban J connectivity index is 1.83. The average Bonchev–Trinajstić information content (AvgIpc) is 2.60. The molecule has 0 aromatic carbocycles. The zero-order chi connectivity index (χ0) is 9.97. The van der Waals surface area contributed by atoms with Crippen molar-refractivity contribution in [3.63, 3.8) is 0 Å². The van der Waals surface area contributed by atoms with Gasteiger partial charge in [0, 0.05) is 0 Å². The Morgan fingerprint density at radius 1 is 1.57 bits per heavy atom. The van der Waals surface area contributed by atoms with Gasteiger partial charge < -0.3 is 18.9 Å². The van der Waals surface area contributed by atoms with Gasteiger partial charge in [-0.3, -0.25) is 0 Å². The number of hydrogen-bond donors (Lipinski definition) is 0. The summed E-state index contributed by atoms with van der Waals surface area (Å²) >= 11 is 0. The topological polar surface area (TPSA) is 54.0 Å². The van der Waals surface area contributed by atoms with Crippen LogP contribution in [-0.2, 0) is 23.7 Å². The van der Waals surface area contributed by atoms with Gasteiger partial charge in [-0.1, -0.05) is 12.2 Å². The van der Waals surface area contributed by atoms with Crippen LogP contribution < -0.4 is 0 Å². The Morgan fingerprint density at radius 2 is 2.43 bits per heavy atom. The molecule has 0 aromatic rings. The van der Waals surface area contributed by atoms with Gasteiger partial charge in [0.15, 0.2) is 6.29 Å². The number of carbonyl (C=O) groups excluding carboxylic acids is 1. The van der Waals surface area contributed by atoms with Gasteiger partial charge in [-0.2, -0.15) is 0 Å². The minimum absolute atomic E-state index is 0.0398. The summed E-state index contributed by atoms with van der Waals surface area (Å²) in [5.41, 5.74) is 0. The fourth-order valence-electron chi connectivity index (χ4n) is 1.40. The standard InChI is InChI=1S/C9H12O5/c1-11-8(10)5-12-7-3-2-6-4-13-9(7)14-6/h2-3,6-7,9H,4-5H2,1H3/t6-,7-,9-/m1/s1. The van der Waals surface area contributed by atoms with Gasteiger partial charge in [0.25, 0.3) is 0 Å². The Labute approximate surface area is 81.6 Å². The maximum absolute atomic E-state index is 10.8. The second-order valence-electron chi connectivity index (χ2n) is 3.11. The van der Waals surface area contributed by atoms with E-state index < -0.39 is 5.97 Å². The molecule has 0 aliphatic carbocycles. The molecule has 0 saturated carbocycles. The lowest BCUT2D eigenvalue weighted by atomic mass is 10.2. The zero-order valence-corrected chi connectivity index (χ0v) is 7.84. The van der Waals surface area contributed by atoms with Crippen molar-refractivity contribution >= 4 is 5.97 Å². The van der Waals surface area contributed by atoms with Crippen LogP contribution in [0, 0.1) is 0 Å². The summed E-state index contributed by atoms with van der Waals surface area (Å²) < 4.78 is 20.4. The molecular formula is C9H12O5. The van der Waals surface area contributed by atoms with Gasteiger partial charge in [-0.15, -0.1) is 0 Å². The van der Waals surface area contributed by atoms with E-state index >= 15 is 0 Å². The van der Waals surface area contributed by atoms with E-state index in [1.165, 1.54) is 7.11 Å². The number of methoxy groups -OCH3 is 1. The molecule has 0 amide bonds. The minimum Gasteiger partial charge on any atom is -0.467 e. The molecule has 0 unspecified atom stereocenters. The first-order valence-electron chi connectivity index (χ1n) is 4.43. The van der Waals surface area contributed by atoms with Crippen molar-refractivity contribution in [3.05, 3.63) is 12.2 Å². The Kier molecular flexibility index (Phi) is 2.81. The summed E-state index contributed by atoms with van der Waals surface area (Å²) in [5, 5.41) is 0. The summed E-state index contributed by atoms with van der Waals surface area (Å²) in [4.78, 5) is 10.8. The first-order valence-corrected chi connectivity index (χ1v) is 4.43. The Bertz CT molecular complexity index is 250. The van der Waals surface area contributed by atoms with E-state index in [2.05, 4.69) is 4.74 Å². The highest BCUT2D eigenvalue weighted by molar-refractivity contribution is 5.70. The lowest BCUT2D eigenvalue weighted by Crippen LogP contribution is -2.33. The highest BCUT2D eigenvalue weighted by Crippen LogP contribution is 2.23. The quantitative estimate of drug-likeness (QED) is 0.468. The third kappa shape index (κ3) is 1.95. The van der Waals surface area contributed by atoms with E-state index in [4.69, 9.17) is 14.2 Å². The number of hydrogen-bond acceptors (Lipinski definition) is 5. The van der Waals surface area contributed by atoms with Gasteiger partial charge in [0.05, 0.1) is 13.7 Å². The predicted molar refractivity (Wildman–Crippen MR) is 45.5 cm³/mol. The summed E-state index contributed by atoms with van der Waals surface area (Å²) in [7, 11) is 1.32. The summed E-state index contributed by atoms with van der Waals surface area (Å²) in [6.07, 6.45) is 3.08. The highest BCUT2D eigenvalue weighted by Gasteiger charge is 2.35. The molecule has 78 valence electrons. The lowest BCUT2D eigenvalue weighted by Gasteiger charge is -2.22. The molecule has 2 rings (SSSR count). The first kappa shape index (κ1) is 9.64. The largest absolute Gasteiger partial charge is 0.467 e. The van der Waals surface area contributed by atoms with Gasteiger partial charge in [0.1, 0.15) is 18.8 Å². The number of rotatable bonds is 3. The molecule has 0 spiro atoms. The normalized spacial score (nSPS) is 34.5. The van der Waals surface area contributed by atoms with E-state index in [9.17, 15) is 4.79 Å². The Hall–Kier alpha value is -0.910. The van der Waals surface area contributed by atoms with Crippen molar-refractivity contribution in [3.8, 4) is 0 Å². The first-order chi connectivity index (χ1) is 6.79. The number of ether oxygens (including phenoxy) is 4. The van der Waals surface area contributed by atoms with Crippen LogP contribution in [-0.4, -0.2) is 44.8 Å². The van der Waals surface area contributed by atoms with Crippen LogP contribution in [0.1, 0.15) is 0 Å².